The summed E-state index contributed by atoms with van der Waals surface area (Å²) in [4.78, 5) is 26.3. The third-order valence-electron chi connectivity index (χ3n) is 6.02. The average molecular weight is 408 g/mol. The zero-order chi connectivity index (χ0) is 21.1. The van der Waals surface area contributed by atoms with Crippen LogP contribution >= 0.6 is 0 Å². The minimum atomic E-state index is -0.378. The molecule has 0 unspecified atom stereocenters. The van der Waals surface area contributed by atoms with E-state index in [1.807, 2.05) is 24.3 Å². The maximum Gasteiger partial charge on any atom is 0.254 e. The molecule has 1 aliphatic carbocycles. The lowest BCUT2D eigenvalue weighted by molar-refractivity contribution is -0.119. The first-order valence-electron chi connectivity index (χ1n) is 10.2. The lowest BCUT2D eigenvalue weighted by Gasteiger charge is -2.43. The van der Waals surface area contributed by atoms with Gasteiger partial charge in [0.1, 0.15) is 5.82 Å². The van der Waals surface area contributed by atoms with Crippen molar-refractivity contribution >= 4 is 11.8 Å². The summed E-state index contributed by atoms with van der Waals surface area (Å²) in [5, 5.41) is 3.04. The van der Waals surface area contributed by atoms with Crippen molar-refractivity contribution in [1.29, 1.82) is 0 Å². The summed E-state index contributed by atoms with van der Waals surface area (Å²) < 4.78 is 19.9. The molecule has 5 nitrogen and oxygen atoms in total. The molecule has 6 heteroatoms. The fourth-order valence-corrected chi connectivity index (χ4v) is 4.10. The predicted octanol–water partition coefficient (Wildman–Crippen LogP) is 3.65. The highest BCUT2D eigenvalue weighted by Crippen LogP contribution is 2.42. The number of amides is 2. The number of morpholine rings is 1. The Hall–Kier alpha value is -2.99. The number of rotatable bonds is 5. The Morgan fingerprint density at radius 1 is 1.10 bits per heavy atom. The van der Waals surface area contributed by atoms with E-state index < -0.39 is 0 Å². The molecular weight excluding hydrogens is 383 g/mol. The third kappa shape index (κ3) is 3.87. The molecular formula is C24H25FN2O3. The zero-order valence-corrected chi connectivity index (χ0v) is 16.8. The first kappa shape index (κ1) is 20.3. The van der Waals surface area contributed by atoms with Crippen molar-refractivity contribution in [3.63, 3.8) is 0 Å². The Balaban J connectivity index is 1.59. The summed E-state index contributed by atoms with van der Waals surface area (Å²) in [5.74, 6) is -0.685. The van der Waals surface area contributed by atoms with Gasteiger partial charge >= 0.3 is 0 Å². The number of ether oxygens (including phenoxy) is 1. The fourth-order valence-electron chi connectivity index (χ4n) is 4.10. The molecule has 1 saturated carbocycles. The van der Waals surface area contributed by atoms with E-state index in [1.165, 1.54) is 18.2 Å². The topological polar surface area (TPSA) is 58.6 Å². The summed E-state index contributed by atoms with van der Waals surface area (Å²) in [6.07, 6.45) is 4.05. The van der Waals surface area contributed by atoms with E-state index in [-0.39, 0.29) is 23.2 Å². The smallest absolute Gasteiger partial charge is 0.254 e. The van der Waals surface area contributed by atoms with Gasteiger partial charge in [-0.05, 0) is 54.7 Å². The van der Waals surface area contributed by atoms with Crippen LogP contribution in [0.5, 0.6) is 0 Å². The molecule has 4 rings (SSSR count). The Labute approximate surface area is 175 Å². The maximum absolute atomic E-state index is 14.6. The summed E-state index contributed by atoms with van der Waals surface area (Å²) in [5.41, 5.74) is 2.16. The molecule has 2 fully saturated rings. The van der Waals surface area contributed by atoms with E-state index in [1.54, 1.807) is 11.0 Å². The van der Waals surface area contributed by atoms with Gasteiger partial charge in [-0.3, -0.25) is 9.59 Å². The van der Waals surface area contributed by atoms with Crippen LogP contribution in [0.3, 0.4) is 0 Å². The molecule has 30 heavy (non-hydrogen) atoms. The normalized spacial score (nSPS) is 17.7. The SMILES string of the molecule is C=CC(=O)NC1(c2ccc(-c3cc(C(=O)N4CCOCC4)ccc3F)cc2)CCC1. The van der Waals surface area contributed by atoms with Gasteiger partial charge in [0.25, 0.3) is 5.91 Å². The Kier molecular flexibility index (Phi) is 5.68. The lowest BCUT2D eigenvalue weighted by atomic mass is 9.71. The Morgan fingerprint density at radius 3 is 2.40 bits per heavy atom. The molecule has 0 aromatic heterocycles. The van der Waals surface area contributed by atoms with Crippen LogP contribution in [0.2, 0.25) is 0 Å². The second-order valence-electron chi connectivity index (χ2n) is 7.81. The zero-order valence-electron chi connectivity index (χ0n) is 16.8. The van der Waals surface area contributed by atoms with Crippen LogP contribution in [0.25, 0.3) is 11.1 Å². The maximum atomic E-state index is 14.6. The second kappa shape index (κ2) is 8.40. The van der Waals surface area contributed by atoms with Gasteiger partial charge in [0, 0.05) is 24.2 Å². The number of benzene rings is 2. The highest BCUT2D eigenvalue weighted by atomic mass is 19.1. The van der Waals surface area contributed by atoms with Crippen LogP contribution in [0.1, 0.15) is 35.2 Å². The molecule has 1 saturated heterocycles. The van der Waals surface area contributed by atoms with E-state index in [4.69, 9.17) is 4.74 Å². The van der Waals surface area contributed by atoms with E-state index in [9.17, 15) is 14.0 Å². The van der Waals surface area contributed by atoms with Gasteiger partial charge in [-0.2, -0.15) is 0 Å². The van der Waals surface area contributed by atoms with Crippen LogP contribution in [-0.4, -0.2) is 43.0 Å². The number of carbonyl (C=O) groups is 2. The number of halogens is 1. The molecule has 1 aliphatic heterocycles. The summed E-state index contributed by atoms with van der Waals surface area (Å²) in [6.45, 7) is 5.64. The number of nitrogens with zero attached hydrogens (tertiary/aromatic N) is 1. The van der Waals surface area contributed by atoms with Crippen molar-refractivity contribution in [2.45, 2.75) is 24.8 Å². The van der Waals surface area contributed by atoms with Gasteiger partial charge in [0.15, 0.2) is 0 Å². The molecule has 0 bridgehead atoms. The summed E-state index contributed by atoms with van der Waals surface area (Å²) in [6, 6.07) is 12.0. The number of hydrogen-bond donors (Lipinski definition) is 1. The van der Waals surface area contributed by atoms with Gasteiger partial charge in [-0.25, -0.2) is 4.39 Å². The molecule has 1 N–H and O–H groups in total. The highest BCUT2D eigenvalue weighted by molar-refractivity contribution is 5.95. The minimum absolute atomic E-state index is 0.114. The Morgan fingerprint density at radius 2 is 1.80 bits per heavy atom. The lowest BCUT2D eigenvalue weighted by Crippen LogP contribution is -2.50. The monoisotopic (exact) mass is 408 g/mol. The first-order chi connectivity index (χ1) is 14.5. The van der Waals surface area contributed by atoms with Crippen molar-refractivity contribution < 1.29 is 18.7 Å². The Bertz CT molecular complexity index is 961. The van der Waals surface area contributed by atoms with E-state index in [0.717, 1.165) is 24.8 Å². The molecule has 2 aromatic rings. The standard InChI is InChI=1S/C24H25FN2O3/c1-2-22(28)26-24(10-3-11-24)19-7-4-17(5-8-19)20-16-18(6-9-21(20)25)23(29)27-12-14-30-15-13-27/h2,4-9,16H,1,3,10-15H2,(H,26,28). The third-order valence-corrected chi connectivity index (χ3v) is 6.02. The molecule has 156 valence electrons. The minimum Gasteiger partial charge on any atom is -0.378 e. The van der Waals surface area contributed by atoms with Crippen LogP contribution in [0.15, 0.2) is 55.1 Å². The van der Waals surface area contributed by atoms with Gasteiger partial charge in [0.05, 0.1) is 18.8 Å². The highest BCUT2D eigenvalue weighted by Gasteiger charge is 2.39. The van der Waals surface area contributed by atoms with Gasteiger partial charge in [-0.15, -0.1) is 0 Å². The molecule has 0 spiro atoms. The molecule has 2 amide bonds. The van der Waals surface area contributed by atoms with Crippen molar-refractivity contribution in [2.75, 3.05) is 26.3 Å². The predicted molar refractivity (Wildman–Crippen MR) is 112 cm³/mol. The largest absolute Gasteiger partial charge is 0.378 e. The summed E-state index contributed by atoms with van der Waals surface area (Å²) in [7, 11) is 0. The number of hydrogen-bond acceptors (Lipinski definition) is 3. The molecule has 0 atom stereocenters. The van der Waals surface area contributed by atoms with Crippen LogP contribution in [0, 0.1) is 5.82 Å². The quantitative estimate of drug-likeness (QED) is 0.769. The van der Waals surface area contributed by atoms with Crippen molar-refractivity contribution in [3.8, 4) is 11.1 Å². The van der Waals surface area contributed by atoms with E-state index in [2.05, 4.69) is 11.9 Å². The second-order valence-corrected chi connectivity index (χ2v) is 7.81. The van der Waals surface area contributed by atoms with Crippen molar-refractivity contribution in [3.05, 3.63) is 72.1 Å². The van der Waals surface area contributed by atoms with Crippen LogP contribution < -0.4 is 5.32 Å². The van der Waals surface area contributed by atoms with Crippen LogP contribution in [0.4, 0.5) is 4.39 Å². The average Bonchev–Trinajstić information content (AvgIpc) is 2.77. The van der Waals surface area contributed by atoms with Crippen LogP contribution in [-0.2, 0) is 15.1 Å². The molecule has 0 radical (unpaired) electrons. The van der Waals surface area contributed by atoms with Crippen molar-refractivity contribution in [2.24, 2.45) is 0 Å². The van der Waals surface area contributed by atoms with Gasteiger partial charge in [0.2, 0.25) is 5.91 Å². The van der Waals surface area contributed by atoms with E-state index in [0.29, 0.717) is 43.0 Å². The first-order valence-corrected chi connectivity index (χ1v) is 10.2. The molecule has 1 heterocycles. The van der Waals surface area contributed by atoms with E-state index >= 15 is 0 Å². The fraction of sp³-hybridized carbons (Fsp3) is 0.333. The van der Waals surface area contributed by atoms with Gasteiger partial charge < -0.3 is 15.0 Å². The van der Waals surface area contributed by atoms with Gasteiger partial charge in [-0.1, -0.05) is 30.8 Å². The summed E-state index contributed by atoms with van der Waals surface area (Å²) >= 11 is 0. The molecule has 2 aromatic carbocycles. The number of carbonyl (C=O) groups excluding carboxylic acids is 2. The molecule has 2 aliphatic rings. The number of nitrogens with one attached hydrogen (secondary N) is 1. The van der Waals surface area contributed by atoms with Crippen molar-refractivity contribution in [1.82, 2.24) is 10.2 Å².